The zero-order valence-electron chi connectivity index (χ0n) is 19.5. The van der Waals surface area contributed by atoms with Gasteiger partial charge in [-0.05, 0) is 42.7 Å². The van der Waals surface area contributed by atoms with Gasteiger partial charge in [-0.2, -0.15) is 18.2 Å². The second kappa shape index (κ2) is 9.18. The molecule has 0 saturated heterocycles. The number of carbonyl (C=O) groups excluding carboxylic acids is 1. The predicted molar refractivity (Wildman–Crippen MR) is 131 cm³/mol. The van der Waals surface area contributed by atoms with Gasteiger partial charge >= 0.3 is 6.18 Å². The predicted octanol–water partition coefficient (Wildman–Crippen LogP) is 3.67. The number of fused-ring (bicyclic) bond motifs is 1. The Bertz CT molecular complexity index is 1480. The van der Waals surface area contributed by atoms with Crippen molar-refractivity contribution in [1.82, 2.24) is 15.0 Å². The fourth-order valence-electron chi connectivity index (χ4n) is 4.08. The standard InChI is InChI=1S/C23H22F3N7O3S/c1-37(35,36)33(16-5-6-16)21-13(3-2-8-27-21)11-28-20-17(23(24,25)26)12-29-22(32-20)30-15-4-7-18-14(9-15)10-19(34)31-18/h2-4,7-9,12,16H,5-6,10-11H2,1H3,(H,31,34)(H2,28,29,30,32). The number of carbonyl (C=O) groups is 1. The van der Waals surface area contributed by atoms with Crippen LogP contribution in [-0.4, -0.2) is 41.6 Å². The van der Waals surface area contributed by atoms with E-state index in [4.69, 9.17) is 0 Å². The minimum Gasteiger partial charge on any atom is -0.365 e. The van der Waals surface area contributed by atoms with E-state index in [0.717, 1.165) is 11.8 Å². The third-order valence-corrected chi connectivity index (χ3v) is 7.02. The largest absolute Gasteiger partial charge is 0.421 e. The van der Waals surface area contributed by atoms with Crippen LogP contribution in [0.3, 0.4) is 0 Å². The number of alkyl halides is 3. The maximum absolute atomic E-state index is 13.7. The molecule has 1 aliphatic carbocycles. The summed E-state index contributed by atoms with van der Waals surface area (Å²) in [4.78, 5) is 23.6. The molecule has 3 aromatic rings. The molecule has 1 aliphatic heterocycles. The Morgan fingerprint density at radius 2 is 1.97 bits per heavy atom. The highest BCUT2D eigenvalue weighted by atomic mass is 32.2. The van der Waals surface area contributed by atoms with E-state index in [1.807, 2.05) is 0 Å². The van der Waals surface area contributed by atoms with Crippen LogP contribution in [0.4, 0.5) is 42.1 Å². The molecule has 0 bridgehead atoms. The number of rotatable bonds is 8. The van der Waals surface area contributed by atoms with Crippen molar-refractivity contribution in [1.29, 1.82) is 0 Å². The Labute approximate surface area is 210 Å². The minimum atomic E-state index is -4.73. The molecule has 1 aromatic carbocycles. The molecule has 37 heavy (non-hydrogen) atoms. The van der Waals surface area contributed by atoms with Crippen LogP contribution >= 0.6 is 0 Å². The summed E-state index contributed by atoms with van der Waals surface area (Å²) in [7, 11) is -3.64. The van der Waals surface area contributed by atoms with Crippen LogP contribution in [0.25, 0.3) is 0 Å². The molecule has 10 nitrogen and oxygen atoms in total. The van der Waals surface area contributed by atoms with Gasteiger partial charge in [0.1, 0.15) is 17.2 Å². The number of anilines is 5. The first-order valence-electron chi connectivity index (χ1n) is 11.3. The topological polar surface area (TPSA) is 129 Å². The second-order valence-electron chi connectivity index (χ2n) is 8.81. The highest BCUT2D eigenvalue weighted by Gasteiger charge is 2.38. The van der Waals surface area contributed by atoms with Crippen molar-refractivity contribution in [3.63, 3.8) is 0 Å². The number of hydrogen-bond donors (Lipinski definition) is 3. The lowest BCUT2D eigenvalue weighted by molar-refractivity contribution is -0.137. The van der Waals surface area contributed by atoms with Gasteiger partial charge in [-0.1, -0.05) is 6.07 Å². The van der Waals surface area contributed by atoms with Gasteiger partial charge < -0.3 is 16.0 Å². The zero-order valence-corrected chi connectivity index (χ0v) is 20.3. The van der Waals surface area contributed by atoms with Crippen LogP contribution in [0, 0.1) is 0 Å². The average molecular weight is 534 g/mol. The van der Waals surface area contributed by atoms with E-state index in [2.05, 4.69) is 30.9 Å². The van der Waals surface area contributed by atoms with Crippen molar-refractivity contribution >= 4 is 44.9 Å². The maximum Gasteiger partial charge on any atom is 0.421 e. The maximum atomic E-state index is 13.7. The van der Waals surface area contributed by atoms with Gasteiger partial charge in [0.15, 0.2) is 0 Å². The summed E-state index contributed by atoms with van der Waals surface area (Å²) in [6, 6.07) is 7.99. The summed E-state index contributed by atoms with van der Waals surface area (Å²) in [5.74, 6) is -0.539. The SMILES string of the molecule is CS(=O)(=O)N(c1ncccc1CNc1nc(Nc2ccc3c(c2)CC(=O)N3)ncc1C(F)(F)F)C1CC1. The van der Waals surface area contributed by atoms with E-state index in [1.165, 1.54) is 10.5 Å². The Morgan fingerprint density at radius 3 is 2.68 bits per heavy atom. The van der Waals surface area contributed by atoms with Gasteiger partial charge in [0, 0.05) is 41.9 Å². The summed E-state index contributed by atoms with van der Waals surface area (Å²) in [5, 5.41) is 8.27. The molecule has 2 aromatic heterocycles. The van der Waals surface area contributed by atoms with Gasteiger partial charge in [0.25, 0.3) is 0 Å². The lowest BCUT2D eigenvalue weighted by Gasteiger charge is -2.23. The van der Waals surface area contributed by atoms with Crippen LogP contribution < -0.4 is 20.3 Å². The van der Waals surface area contributed by atoms with Crippen molar-refractivity contribution in [2.45, 2.75) is 38.0 Å². The van der Waals surface area contributed by atoms with Crippen LogP contribution in [0.1, 0.15) is 29.5 Å². The Balaban J connectivity index is 1.42. The van der Waals surface area contributed by atoms with Crippen LogP contribution in [0.2, 0.25) is 0 Å². The molecule has 1 saturated carbocycles. The zero-order chi connectivity index (χ0) is 26.4. The first-order valence-corrected chi connectivity index (χ1v) is 13.1. The number of nitrogens with zero attached hydrogens (tertiary/aromatic N) is 4. The molecule has 1 amide bonds. The lowest BCUT2D eigenvalue weighted by Crippen LogP contribution is -2.33. The van der Waals surface area contributed by atoms with E-state index < -0.39 is 27.6 Å². The smallest absolute Gasteiger partial charge is 0.365 e. The molecule has 0 spiro atoms. The normalized spacial score (nSPS) is 15.2. The molecule has 2 aliphatic rings. The third kappa shape index (κ3) is 5.43. The van der Waals surface area contributed by atoms with E-state index >= 15 is 0 Å². The number of sulfonamides is 1. The number of halogens is 3. The van der Waals surface area contributed by atoms with E-state index in [0.29, 0.717) is 36.0 Å². The molecule has 0 unspecified atom stereocenters. The number of nitrogens with one attached hydrogen (secondary N) is 3. The summed E-state index contributed by atoms with van der Waals surface area (Å²) in [5.41, 5.74) is 1.25. The van der Waals surface area contributed by atoms with Gasteiger partial charge in [-0.15, -0.1) is 0 Å². The second-order valence-corrected chi connectivity index (χ2v) is 10.7. The van der Waals surface area contributed by atoms with E-state index in [9.17, 15) is 26.4 Å². The molecule has 0 radical (unpaired) electrons. The highest BCUT2D eigenvalue weighted by molar-refractivity contribution is 7.92. The van der Waals surface area contributed by atoms with E-state index in [-0.39, 0.29) is 36.7 Å². The minimum absolute atomic E-state index is 0.0881. The number of amides is 1. The van der Waals surface area contributed by atoms with Crippen molar-refractivity contribution < 1.29 is 26.4 Å². The number of hydrogen-bond acceptors (Lipinski definition) is 8. The highest BCUT2D eigenvalue weighted by Crippen LogP contribution is 2.37. The average Bonchev–Trinajstić information content (AvgIpc) is 3.56. The van der Waals surface area contributed by atoms with Gasteiger partial charge in [0.05, 0.1) is 12.7 Å². The van der Waals surface area contributed by atoms with Crippen molar-refractivity contribution in [2.24, 2.45) is 0 Å². The number of aromatic nitrogens is 3. The fraction of sp³-hybridized carbons (Fsp3) is 0.304. The van der Waals surface area contributed by atoms with Gasteiger partial charge in [0.2, 0.25) is 21.9 Å². The number of benzene rings is 1. The van der Waals surface area contributed by atoms with Crippen molar-refractivity contribution in [2.75, 3.05) is 26.5 Å². The molecule has 5 rings (SSSR count). The lowest BCUT2D eigenvalue weighted by atomic mass is 10.1. The summed E-state index contributed by atoms with van der Waals surface area (Å²) in [6.45, 7) is -0.159. The van der Waals surface area contributed by atoms with Crippen LogP contribution in [0.5, 0.6) is 0 Å². The van der Waals surface area contributed by atoms with Gasteiger partial charge in [-0.25, -0.2) is 18.4 Å². The molecule has 0 atom stereocenters. The monoisotopic (exact) mass is 533 g/mol. The van der Waals surface area contributed by atoms with Crippen LogP contribution in [0.15, 0.2) is 42.7 Å². The number of pyridine rings is 1. The molecule has 194 valence electrons. The Kier molecular flexibility index (Phi) is 6.14. The van der Waals surface area contributed by atoms with Crippen molar-refractivity contribution in [3.05, 3.63) is 59.4 Å². The molecule has 14 heteroatoms. The molecular weight excluding hydrogens is 511 g/mol. The molecule has 3 N–H and O–H groups in total. The summed E-state index contributed by atoms with van der Waals surface area (Å²) in [6.07, 6.45) is 0.0209. The van der Waals surface area contributed by atoms with E-state index in [1.54, 1.807) is 30.3 Å². The first kappa shape index (κ1) is 24.7. The Morgan fingerprint density at radius 1 is 1.19 bits per heavy atom. The van der Waals surface area contributed by atoms with Crippen molar-refractivity contribution in [3.8, 4) is 0 Å². The first-order chi connectivity index (χ1) is 17.5. The fourth-order valence-corrected chi connectivity index (χ4v) is 5.31. The molecular formula is C23H22F3N7O3S. The Hall–Kier alpha value is -3.94. The van der Waals surface area contributed by atoms with Gasteiger partial charge in [-0.3, -0.25) is 9.10 Å². The molecule has 1 fully saturated rings. The molecule has 3 heterocycles. The summed E-state index contributed by atoms with van der Waals surface area (Å²) < 4.78 is 67.2. The third-order valence-electron chi connectivity index (χ3n) is 5.84. The summed E-state index contributed by atoms with van der Waals surface area (Å²) >= 11 is 0. The van der Waals surface area contributed by atoms with Crippen LogP contribution in [-0.2, 0) is 34.0 Å². The quantitative estimate of drug-likeness (QED) is 0.400.